The van der Waals surface area contributed by atoms with E-state index in [2.05, 4.69) is 21.2 Å². The number of carboxylic acids is 1. The van der Waals surface area contributed by atoms with Gasteiger partial charge in [-0.3, -0.25) is 0 Å². The van der Waals surface area contributed by atoms with Crippen molar-refractivity contribution in [1.29, 1.82) is 0 Å². The number of aliphatic hydroxyl groups excluding tert-OH is 1. The van der Waals surface area contributed by atoms with Crippen molar-refractivity contribution in [1.82, 2.24) is 4.90 Å². The quantitative estimate of drug-likeness (QED) is 0.772. The van der Waals surface area contributed by atoms with Gasteiger partial charge in [-0.15, -0.1) is 0 Å². The minimum atomic E-state index is -1.05. The van der Waals surface area contributed by atoms with Gasteiger partial charge in [0.1, 0.15) is 0 Å². The number of urea groups is 1. The zero-order chi connectivity index (χ0) is 15.6. The number of hydrogen-bond donors (Lipinski definition) is 3. The predicted molar refractivity (Wildman–Crippen MR) is 81.5 cm³/mol. The summed E-state index contributed by atoms with van der Waals surface area (Å²) in [6, 6.07) is 4.15. The second-order valence-corrected chi connectivity index (χ2v) is 6.16. The molecule has 7 heteroatoms. The predicted octanol–water partition coefficient (Wildman–Crippen LogP) is 2.38. The zero-order valence-electron chi connectivity index (χ0n) is 11.5. The topological polar surface area (TPSA) is 89.9 Å². The van der Waals surface area contributed by atoms with Gasteiger partial charge in [0.15, 0.2) is 0 Å². The number of anilines is 1. The normalized spacial score (nSPS) is 20.5. The van der Waals surface area contributed by atoms with Crippen LogP contribution < -0.4 is 5.32 Å². The average Bonchev–Trinajstić information content (AvgIpc) is 2.39. The number of carbonyl (C=O) groups excluding carboxylic acids is 1. The van der Waals surface area contributed by atoms with Crippen LogP contribution in [0.25, 0.3) is 0 Å². The number of halogens is 1. The molecular formula is C14H17BrN2O4. The molecule has 6 nitrogen and oxygen atoms in total. The Bertz CT molecular complexity index is 558. The van der Waals surface area contributed by atoms with Gasteiger partial charge in [-0.2, -0.15) is 0 Å². The van der Waals surface area contributed by atoms with Gasteiger partial charge in [0.05, 0.1) is 17.4 Å². The number of hydrogen-bond acceptors (Lipinski definition) is 3. The number of carboxylic acid groups (broad SMARTS) is 1. The molecular weight excluding hydrogens is 340 g/mol. The number of aromatic carboxylic acids is 1. The Labute approximate surface area is 130 Å². The molecule has 3 N–H and O–H groups in total. The molecule has 1 aromatic rings. The van der Waals surface area contributed by atoms with Crippen molar-refractivity contribution < 1.29 is 19.8 Å². The second-order valence-electron chi connectivity index (χ2n) is 5.30. The standard InChI is InChI=1S/C14H17BrN2O4/c1-17(7-8-4-10(18)5-8)14(21)16-12-6-9(13(19)20)2-3-11(12)15/h2-3,6,8,10,18H,4-5,7H2,1H3,(H,16,21)(H,19,20). The molecule has 1 aliphatic carbocycles. The van der Waals surface area contributed by atoms with E-state index in [4.69, 9.17) is 5.11 Å². The van der Waals surface area contributed by atoms with Gasteiger partial charge in [-0.1, -0.05) is 0 Å². The molecule has 0 saturated heterocycles. The Morgan fingerprint density at radius 1 is 1.43 bits per heavy atom. The Hall–Kier alpha value is -1.60. The van der Waals surface area contributed by atoms with E-state index in [1.54, 1.807) is 13.1 Å². The van der Waals surface area contributed by atoms with Crippen LogP contribution in [0.1, 0.15) is 23.2 Å². The van der Waals surface area contributed by atoms with Crippen LogP contribution in [0.15, 0.2) is 22.7 Å². The maximum Gasteiger partial charge on any atom is 0.335 e. The Kier molecular flexibility index (Phi) is 4.84. The summed E-state index contributed by atoms with van der Waals surface area (Å²) in [4.78, 5) is 24.6. The van der Waals surface area contributed by atoms with Crippen molar-refractivity contribution in [2.45, 2.75) is 18.9 Å². The highest BCUT2D eigenvalue weighted by atomic mass is 79.9. The van der Waals surface area contributed by atoms with Crippen LogP contribution in [-0.2, 0) is 0 Å². The molecule has 1 fully saturated rings. The maximum atomic E-state index is 12.1. The third-order valence-corrected chi connectivity index (χ3v) is 4.24. The fraction of sp³-hybridized carbons (Fsp3) is 0.429. The first-order valence-electron chi connectivity index (χ1n) is 6.60. The first kappa shape index (κ1) is 15.8. The molecule has 0 spiro atoms. The van der Waals surface area contributed by atoms with E-state index >= 15 is 0 Å². The van der Waals surface area contributed by atoms with Gasteiger partial charge in [0, 0.05) is 18.1 Å². The molecule has 2 amide bonds. The summed E-state index contributed by atoms with van der Waals surface area (Å²) in [5.74, 6) is -0.723. The molecule has 0 unspecified atom stereocenters. The first-order valence-corrected chi connectivity index (χ1v) is 7.39. The summed E-state index contributed by atoms with van der Waals surface area (Å²) in [5, 5.41) is 20.9. The highest BCUT2D eigenvalue weighted by Crippen LogP contribution is 2.28. The van der Waals surface area contributed by atoms with Crippen molar-refractivity contribution >= 4 is 33.6 Å². The van der Waals surface area contributed by atoms with Gasteiger partial charge in [-0.25, -0.2) is 9.59 Å². The van der Waals surface area contributed by atoms with E-state index in [0.717, 1.165) is 12.8 Å². The Balaban J connectivity index is 1.98. The molecule has 0 heterocycles. The molecule has 21 heavy (non-hydrogen) atoms. The molecule has 0 aromatic heterocycles. The van der Waals surface area contributed by atoms with E-state index in [0.29, 0.717) is 22.6 Å². The fourth-order valence-corrected chi connectivity index (χ4v) is 2.63. The lowest BCUT2D eigenvalue weighted by atomic mass is 9.82. The lowest BCUT2D eigenvalue weighted by Gasteiger charge is -2.34. The summed E-state index contributed by atoms with van der Waals surface area (Å²) in [5.41, 5.74) is 0.527. The summed E-state index contributed by atoms with van der Waals surface area (Å²) >= 11 is 3.28. The third-order valence-electron chi connectivity index (χ3n) is 3.54. The van der Waals surface area contributed by atoms with E-state index in [1.165, 1.54) is 17.0 Å². The third kappa shape index (κ3) is 3.95. The van der Waals surface area contributed by atoms with E-state index in [9.17, 15) is 14.7 Å². The van der Waals surface area contributed by atoms with E-state index < -0.39 is 5.97 Å². The smallest absolute Gasteiger partial charge is 0.335 e. The summed E-state index contributed by atoms with van der Waals surface area (Å²) in [6.07, 6.45) is 1.19. The number of rotatable bonds is 4. The number of nitrogens with zero attached hydrogens (tertiary/aromatic N) is 1. The Morgan fingerprint density at radius 3 is 2.67 bits per heavy atom. The fourth-order valence-electron chi connectivity index (χ4n) is 2.28. The minimum absolute atomic E-state index is 0.110. The minimum Gasteiger partial charge on any atom is -0.478 e. The van der Waals surface area contributed by atoms with Gasteiger partial charge in [-0.05, 0) is 52.9 Å². The zero-order valence-corrected chi connectivity index (χ0v) is 13.1. The lowest BCUT2D eigenvalue weighted by Crippen LogP contribution is -2.41. The molecule has 0 atom stereocenters. The molecule has 0 radical (unpaired) electrons. The van der Waals surface area contributed by atoms with E-state index in [1.807, 2.05) is 0 Å². The largest absolute Gasteiger partial charge is 0.478 e. The summed E-state index contributed by atoms with van der Waals surface area (Å²) in [7, 11) is 1.68. The highest BCUT2D eigenvalue weighted by Gasteiger charge is 2.29. The monoisotopic (exact) mass is 356 g/mol. The van der Waals surface area contributed by atoms with Gasteiger partial charge in [0.25, 0.3) is 0 Å². The van der Waals surface area contributed by atoms with Crippen molar-refractivity contribution in [3.63, 3.8) is 0 Å². The Morgan fingerprint density at radius 2 is 2.10 bits per heavy atom. The van der Waals surface area contributed by atoms with Crippen LogP contribution >= 0.6 is 15.9 Å². The number of nitrogens with one attached hydrogen (secondary N) is 1. The van der Waals surface area contributed by atoms with Crippen LogP contribution in [0.4, 0.5) is 10.5 Å². The second kappa shape index (κ2) is 6.44. The van der Waals surface area contributed by atoms with Crippen LogP contribution in [0.2, 0.25) is 0 Å². The molecule has 1 saturated carbocycles. The van der Waals surface area contributed by atoms with Gasteiger partial charge >= 0.3 is 12.0 Å². The molecule has 1 aromatic carbocycles. The van der Waals surface area contributed by atoms with Gasteiger partial charge in [0.2, 0.25) is 0 Å². The number of benzene rings is 1. The molecule has 0 aliphatic heterocycles. The van der Waals surface area contributed by atoms with Crippen LogP contribution in [0.5, 0.6) is 0 Å². The average molecular weight is 357 g/mol. The number of carbonyl (C=O) groups is 2. The van der Waals surface area contributed by atoms with Gasteiger partial charge < -0.3 is 20.4 Å². The molecule has 114 valence electrons. The van der Waals surface area contributed by atoms with Crippen molar-refractivity contribution in [3.8, 4) is 0 Å². The van der Waals surface area contributed by atoms with Crippen LogP contribution in [0.3, 0.4) is 0 Å². The number of amides is 2. The van der Waals surface area contributed by atoms with Crippen molar-refractivity contribution in [2.75, 3.05) is 18.9 Å². The molecule has 2 rings (SSSR count). The summed E-state index contributed by atoms with van der Waals surface area (Å²) < 4.78 is 0.619. The summed E-state index contributed by atoms with van der Waals surface area (Å²) in [6.45, 7) is 0.569. The molecule has 0 bridgehead atoms. The molecule has 1 aliphatic rings. The first-order chi connectivity index (χ1) is 9.86. The lowest BCUT2D eigenvalue weighted by molar-refractivity contribution is 0.0332. The van der Waals surface area contributed by atoms with Crippen LogP contribution in [-0.4, -0.2) is 46.8 Å². The maximum absolute atomic E-state index is 12.1. The van der Waals surface area contributed by atoms with Crippen molar-refractivity contribution in [2.24, 2.45) is 5.92 Å². The van der Waals surface area contributed by atoms with Crippen LogP contribution in [0, 0.1) is 5.92 Å². The SMILES string of the molecule is CN(CC1CC(O)C1)C(=O)Nc1cc(C(=O)O)ccc1Br. The number of aliphatic hydroxyl groups is 1. The van der Waals surface area contributed by atoms with E-state index in [-0.39, 0.29) is 17.7 Å². The highest BCUT2D eigenvalue weighted by molar-refractivity contribution is 9.10. The van der Waals surface area contributed by atoms with Crippen molar-refractivity contribution in [3.05, 3.63) is 28.2 Å².